The van der Waals surface area contributed by atoms with E-state index in [2.05, 4.69) is 18.5 Å². The third-order valence-corrected chi connectivity index (χ3v) is 3.82. The minimum atomic E-state index is 0.442. The van der Waals surface area contributed by atoms with Gasteiger partial charge >= 0.3 is 0 Å². The average Bonchev–Trinajstić information content (AvgIpc) is 2.15. The fourth-order valence-corrected chi connectivity index (χ4v) is 2.81. The Morgan fingerprint density at radius 2 is 2.29 bits per heavy atom. The van der Waals surface area contributed by atoms with Gasteiger partial charge < -0.3 is 11.1 Å². The first-order valence-corrected chi connectivity index (χ1v) is 7.09. The van der Waals surface area contributed by atoms with E-state index >= 15 is 0 Å². The van der Waals surface area contributed by atoms with E-state index in [1.807, 2.05) is 11.8 Å². The molecule has 1 aliphatic rings. The maximum atomic E-state index is 5.95. The zero-order valence-corrected chi connectivity index (χ0v) is 10.3. The highest BCUT2D eigenvalue weighted by Gasteiger charge is 2.18. The normalized spacial score (nSPS) is 30.2. The van der Waals surface area contributed by atoms with Crippen molar-refractivity contribution in [3.8, 4) is 0 Å². The van der Waals surface area contributed by atoms with Crippen LogP contribution in [-0.2, 0) is 0 Å². The minimum absolute atomic E-state index is 0.442. The lowest BCUT2D eigenvalue weighted by atomic mass is 9.91. The molecule has 0 spiro atoms. The second-order valence-electron chi connectivity index (χ2n) is 4.59. The number of nitrogens with two attached hydrogens (primary N) is 1. The molecule has 2 nitrogen and oxygen atoms in total. The first-order chi connectivity index (χ1) is 6.72. The highest BCUT2D eigenvalue weighted by molar-refractivity contribution is 7.98. The molecule has 3 unspecified atom stereocenters. The number of hydrogen-bond acceptors (Lipinski definition) is 3. The van der Waals surface area contributed by atoms with Gasteiger partial charge in [-0.3, -0.25) is 0 Å². The van der Waals surface area contributed by atoms with Gasteiger partial charge in [0.1, 0.15) is 0 Å². The van der Waals surface area contributed by atoms with Gasteiger partial charge in [0.05, 0.1) is 0 Å². The van der Waals surface area contributed by atoms with Crippen LogP contribution in [0, 0.1) is 5.92 Å². The van der Waals surface area contributed by atoms with Crippen molar-refractivity contribution >= 4 is 11.8 Å². The van der Waals surface area contributed by atoms with Crippen molar-refractivity contribution in [1.29, 1.82) is 0 Å². The van der Waals surface area contributed by atoms with Gasteiger partial charge in [0, 0.05) is 12.1 Å². The van der Waals surface area contributed by atoms with Crippen LogP contribution in [0.15, 0.2) is 0 Å². The first-order valence-electron chi connectivity index (χ1n) is 5.70. The van der Waals surface area contributed by atoms with Crippen LogP contribution in [0.1, 0.15) is 32.6 Å². The van der Waals surface area contributed by atoms with Crippen molar-refractivity contribution in [2.24, 2.45) is 11.7 Å². The van der Waals surface area contributed by atoms with Crippen LogP contribution in [0.2, 0.25) is 0 Å². The predicted molar refractivity (Wildman–Crippen MR) is 65.8 cm³/mol. The van der Waals surface area contributed by atoms with E-state index in [9.17, 15) is 0 Å². The van der Waals surface area contributed by atoms with Crippen LogP contribution in [-0.4, -0.2) is 30.6 Å². The summed E-state index contributed by atoms with van der Waals surface area (Å²) < 4.78 is 0. The molecule has 0 aromatic heterocycles. The molecule has 3 atom stereocenters. The van der Waals surface area contributed by atoms with Gasteiger partial charge in [-0.25, -0.2) is 0 Å². The summed E-state index contributed by atoms with van der Waals surface area (Å²) >= 11 is 1.93. The van der Waals surface area contributed by atoms with E-state index in [-0.39, 0.29) is 0 Å². The lowest BCUT2D eigenvalue weighted by Crippen LogP contribution is -2.41. The van der Waals surface area contributed by atoms with E-state index in [0.29, 0.717) is 12.1 Å². The number of rotatable bonds is 5. The monoisotopic (exact) mass is 216 g/mol. The summed E-state index contributed by atoms with van der Waals surface area (Å²) in [6.07, 6.45) is 7.19. The molecular weight excluding hydrogens is 192 g/mol. The smallest absolute Gasteiger partial charge is 0.00819 e. The topological polar surface area (TPSA) is 38.0 Å². The third-order valence-electron chi connectivity index (χ3n) is 2.92. The summed E-state index contributed by atoms with van der Waals surface area (Å²) in [6.45, 7) is 3.46. The molecule has 3 N–H and O–H groups in total. The van der Waals surface area contributed by atoms with Gasteiger partial charge in [-0.2, -0.15) is 11.8 Å². The Bertz CT molecular complexity index is 152. The van der Waals surface area contributed by atoms with Crippen LogP contribution >= 0.6 is 11.8 Å². The van der Waals surface area contributed by atoms with Crippen LogP contribution in [0.5, 0.6) is 0 Å². The van der Waals surface area contributed by atoms with Gasteiger partial charge in [-0.1, -0.05) is 13.3 Å². The first kappa shape index (κ1) is 12.3. The molecule has 84 valence electrons. The van der Waals surface area contributed by atoms with Crippen LogP contribution < -0.4 is 11.1 Å². The lowest BCUT2D eigenvalue weighted by molar-refractivity contribution is 0.329. The van der Waals surface area contributed by atoms with Crippen molar-refractivity contribution in [1.82, 2.24) is 5.32 Å². The highest BCUT2D eigenvalue weighted by Crippen LogP contribution is 2.17. The van der Waals surface area contributed by atoms with E-state index in [4.69, 9.17) is 5.73 Å². The van der Waals surface area contributed by atoms with Crippen molar-refractivity contribution in [2.75, 3.05) is 18.6 Å². The largest absolute Gasteiger partial charge is 0.328 e. The summed E-state index contributed by atoms with van der Waals surface area (Å²) in [5.74, 6) is 2.04. The minimum Gasteiger partial charge on any atom is -0.328 e. The van der Waals surface area contributed by atoms with Crippen LogP contribution in [0.3, 0.4) is 0 Å². The fraction of sp³-hybridized carbons (Fsp3) is 1.00. The zero-order chi connectivity index (χ0) is 10.4. The van der Waals surface area contributed by atoms with Gasteiger partial charge in [0.2, 0.25) is 0 Å². The molecule has 0 saturated heterocycles. The molecule has 1 saturated carbocycles. The molecule has 1 aliphatic carbocycles. The quantitative estimate of drug-likeness (QED) is 0.736. The molecule has 0 aromatic rings. The Kier molecular flexibility index (Phi) is 5.90. The standard InChI is InChI=1S/C11H24N2S/c1-9(8-14-2)7-13-11-5-3-4-10(12)6-11/h9-11,13H,3-8,12H2,1-2H3. The summed E-state index contributed by atoms with van der Waals surface area (Å²) in [5, 5.41) is 3.64. The molecule has 0 radical (unpaired) electrons. The van der Waals surface area contributed by atoms with E-state index in [1.54, 1.807) is 0 Å². The zero-order valence-electron chi connectivity index (χ0n) is 9.46. The van der Waals surface area contributed by atoms with E-state index in [0.717, 1.165) is 12.5 Å². The molecule has 1 rings (SSSR count). The highest BCUT2D eigenvalue weighted by atomic mass is 32.2. The maximum absolute atomic E-state index is 5.95. The molecule has 0 bridgehead atoms. The van der Waals surface area contributed by atoms with Gasteiger partial charge in [-0.05, 0) is 43.7 Å². The molecule has 0 aliphatic heterocycles. The maximum Gasteiger partial charge on any atom is 0.00819 e. The van der Waals surface area contributed by atoms with Gasteiger partial charge in [-0.15, -0.1) is 0 Å². The predicted octanol–water partition coefficient (Wildman–Crippen LogP) is 1.84. The van der Waals surface area contributed by atoms with Crippen LogP contribution in [0.25, 0.3) is 0 Å². The van der Waals surface area contributed by atoms with E-state index in [1.165, 1.54) is 31.4 Å². The summed E-state index contributed by atoms with van der Waals surface area (Å²) in [4.78, 5) is 0. The molecule has 3 heteroatoms. The van der Waals surface area contributed by atoms with E-state index < -0.39 is 0 Å². The Morgan fingerprint density at radius 3 is 2.93 bits per heavy atom. The van der Waals surface area contributed by atoms with Gasteiger partial charge in [0.15, 0.2) is 0 Å². The third kappa shape index (κ3) is 4.67. The molecule has 0 amide bonds. The summed E-state index contributed by atoms with van der Waals surface area (Å²) in [6, 6.07) is 1.13. The SMILES string of the molecule is CSCC(C)CNC1CCCC(N)C1. The Morgan fingerprint density at radius 1 is 1.50 bits per heavy atom. The molecule has 14 heavy (non-hydrogen) atoms. The molecule has 0 heterocycles. The Hall–Kier alpha value is 0.270. The second kappa shape index (κ2) is 6.70. The summed E-state index contributed by atoms with van der Waals surface area (Å²) in [5.41, 5.74) is 5.95. The summed E-state index contributed by atoms with van der Waals surface area (Å²) in [7, 11) is 0. The molecule has 1 fully saturated rings. The number of thioether (sulfide) groups is 1. The van der Waals surface area contributed by atoms with Crippen molar-refractivity contribution in [3.05, 3.63) is 0 Å². The lowest BCUT2D eigenvalue weighted by Gasteiger charge is -2.28. The molecule has 0 aromatic carbocycles. The number of nitrogens with one attached hydrogen (secondary N) is 1. The van der Waals surface area contributed by atoms with Gasteiger partial charge in [0.25, 0.3) is 0 Å². The Labute approximate surface area is 92.4 Å². The van der Waals surface area contributed by atoms with Crippen molar-refractivity contribution in [2.45, 2.75) is 44.7 Å². The van der Waals surface area contributed by atoms with Crippen LogP contribution in [0.4, 0.5) is 0 Å². The Balaban J connectivity index is 2.10. The number of hydrogen-bond donors (Lipinski definition) is 2. The fourth-order valence-electron chi connectivity index (χ4n) is 2.12. The van der Waals surface area contributed by atoms with Crippen molar-refractivity contribution < 1.29 is 0 Å². The second-order valence-corrected chi connectivity index (χ2v) is 5.50. The van der Waals surface area contributed by atoms with Crippen molar-refractivity contribution in [3.63, 3.8) is 0 Å². The molecular formula is C11H24N2S. The average molecular weight is 216 g/mol.